The largest absolute Gasteiger partial charge is 0.486 e. The minimum Gasteiger partial charge on any atom is -0.486 e. The summed E-state index contributed by atoms with van der Waals surface area (Å²) in [5.74, 6) is 0.586. The topological polar surface area (TPSA) is 78.0 Å². The zero-order valence-electron chi connectivity index (χ0n) is 14.5. The maximum absolute atomic E-state index is 12.4. The lowest BCUT2D eigenvalue weighted by Crippen LogP contribution is -2.34. The summed E-state index contributed by atoms with van der Waals surface area (Å²) < 4.78 is 16.2. The summed E-state index contributed by atoms with van der Waals surface area (Å²) in [6.45, 7) is 3.52. The summed E-state index contributed by atoms with van der Waals surface area (Å²) in [6, 6.07) is 8.69. The molecule has 0 spiro atoms. The predicted molar refractivity (Wildman–Crippen MR) is 93.0 cm³/mol. The molecule has 0 aliphatic carbocycles. The Hall–Kier alpha value is -3.09. The van der Waals surface area contributed by atoms with Crippen LogP contribution >= 0.6 is 0 Å². The summed E-state index contributed by atoms with van der Waals surface area (Å²) in [5, 5.41) is 0. The van der Waals surface area contributed by atoms with Crippen LogP contribution < -0.4 is 9.47 Å². The molecule has 7 nitrogen and oxygen atoms in total. The molecule has 26 heavy (non-hydrogen) atoms. The van der Waals surface area contributed by atoms with E-state index in [2.05, 4.69) is 4.98 Å². The molecule has 0 unspecified atom stereocenters. The number of rotatable bonds is 6. The second-order valence-electron chi connectivity index (χ2n) is 5.70. The van der Waals surface area contributed by atoms with Gasteiger partial charge in [0.25, 0.3) is 5.91 Å². The molecule has 1 aliphatic heterocycles. The smallest absolute Gasteiger partial charge is 0.338 e. The fourth-order valence-corrected chi connectivity index (χ4v) is 2.57. The van der Waals surface area contributed by atoms with Crippen molar-refractivity contribution in [2.24, 2.45) is 0 Å². The number of pyridine rings is 1. The third-order valence-corrected chi connectivity index (χ3v) is 3.96. The van der Waals surface area contributed by atoms with Gasteiger partial charge in [0.2, 0.25) is 0 Å². The molecule has 3 rings (SSSR count). The lowest BCUT2D eigenvalue weighted by molar-refractivity contribution is -0.134. The highest BCUT2D eigenvalue weighted by molar-refractivity contribution is 5.91. The number of hydrogen-bond acceptors (Lipinski definition) is 6. The van der Waals surface area contributed by atoms with Crippen LogP contribution in [0.5, 0.6) is 11.5 Å². The number of esters is 1. The van der Waals surface area contributed by atoms with Crippen LogP contribution in [0, 0.1) is 0 Å². The van der Waals surface area contributed by atoms with Crippen molar-refractivity contribution in [2.45, 2.75) is 13.5 Å². The van der Waals surface area contributed by atoms with Gasteiger partial charge in [-0.2, -0.15) is 0 Å². The van der Waals surface area contributed by atoms with Gasteiger partial charge in [-0.1, -0.05) is 6.07 Å². The zero-order chi connectivity index (χ0) is 18.4. The highest BCUT2D eigenvalue weighted by Gasteiger charge is 2.17. The third kappa shape index (κ3) is 4.30. The Bertz CT molecular complexity index is 779. The number of ether oxygens (including phenoxy) is 3. The molecule has 0 saturated heterocycles. The second-order valence-corrected chi connectivity index (χ2v) is 5.70. The van der Waals surface area contributed by atoms with Crippen LogP contribution in [0.1, 0.15) is 22.8 Å². The van der Waals surface area contributed by atoms with E-state index in [1.165, 1.54) is 12.4 Å². The molecule has 0 bridgehead atoms. The SMILES string of the molecule is CCN(Cc1ccc2c(c1)OCCO2)C(=O)COC(=O)c1ccncc1. The highest BCUT2D eigenvalue weighted by Crippen LogP contribution is 2.31. The minimum atomic E-state index is -0.545. The molecule has 7 heteroatoms. The normalized spacial score (nSPS) is 12.3. The number of nitrogens with zero attached hydrogens (tertiary/aromatic N) is 2. The highest BCUT2D eigenvalue weighted by atomic mass is 16.6. The Morgan fingerprint density at radius 3 is 2.58 bits per heavy atom. The zero-order valence-corrected chi connectivity index (χ0v) is 14.5. The van der Waals surface area contributed by atoms with E-state index in [1.807, 2.05) is 25.1 Å². The summed E-state index contributed by atoms with van der Waals surface area (Å²) >= 11 is 0. The van der Waals surface area contributed by atoms with E-state index in [0.29, 0.717) is 43.4 Å². The summed E-state index contributed by atoms with van der Waals surface area (Å²) in [5.41, 5.74) is 1.28. The van der Waals surface area contributed by atoms with Crippen LogP contribution in [0.15, 0.2) is 42.7 Å². The molecule has 0 atom stereocenters. The molecular weight excluding hydrogens is 336 g/mol. The number of amides is 1. The molecule has 1 aliphatic rings. The molecule has 1 aromatic carbocycles. The minimum absolute atomic E-state index is 0.259. The van der Waals surface area contributed by atoms with Crippen molar-refractivity contribution in [3.8, 4) is 11.5 Å². The van der Waals surface area contributed by atoms with Gasteiger partial charge in [-0.05, 0) is 36.8 Å². The van der Waals surface area contributed by atoms with E-state index in [4.69, 9.17) is 14.2 Å². The van der Waals surface area contributed by atoms with E-state index in [-0.39, 0.29) is 12.5 Å². The number of benzene rings is 1. The average Bonchev–Trinajstić information content (AvgIpc) is 2.70. The Balaban J connectivity index is 1.58. The monoisotopic (exact) mass is 356 g/mol. The van der Waals surface area contributed by atoms with E-state index < -0.39 is 5.97 Å². The van der Waals surface area contributed by atoms with Crippen molar-refractivity contribution < 1.29 is 23.8 Å². The Labute approximate surface area is 151 Å². The van der Waals surface area contributed by atoms with Crippen molar-refractivity contribution in [3.63, 3.8) is 0 Å². The lowest BCUT2D eigenvalue weighted by Gasteiger charge is -2.23. The van der Waals surface area contributed by atoms with E-state index in [1.54, 1.807) is 17.0 Å². The molecule has 2 aromatic rings. The molecule has 136 valence electrons. The molecular formula is C19H20N2O5. The first kappa shape index (κ1) is 17.7. The van der Waals surface area contributed by atoms with Crippen molar-refractivity contribution in [2.75, 3.05) is 26.4 Å². The van der Waals surface area contributed by atoms with Gasteiger partial charge in [-0.25, -0.2) is 4.79 Å². The molecule has 2 heterocycles. The number of aromatic nitrogens is 1. The van der Waals surface area contributed by atoms with Gasteiger partial charge in [-0.15, -0.1) is 0 Å². The molecule has 1 amide bonds. The molecule has 0 saturated carbocycles. The quantitative estimate of drug-likeness (QED) is 0.737. The fraction of sp³-hybridized carbons (Fsp3) is 0.316. The van der Waals surface area contributed by atoms with Crippen LogP contribution in [-0.4, -0.2) is 48.1 Å². The van der Waals surface area contributed by atoms with Crippen LogP contribution in [-0.2, 0) is 16.1 Å². The molecule has 0 N–H and O–H groups in total. The van der Waals surface area contributed by atoms with E-state index in [9.17, 15) is 9.59 Å². The van der Waals surface area contributed by atoms with Crippen LogP contribution in [0.4, 0.5) is 0 Å². The fourth-order valence-electron chi connectivity index (χ4n) is 2.57. The maximum atomic E-state index is 12.4. The summed E-state index contributed by atoms with van der Waals surface area (Å²) in [6.07, 6.45) is 3.00. The standard InChI is InChI=1S/C19H20N2O5/c1-2-21(12-14-3-4-16-17(11-14)25-10-9-24-16)18(22)13-26-19(23)15-5-7-20-8-6-15/h3-8,11H,2,9-10,12-13H2,1H3. The van der Waals surface area contributed by atoms with Gasteiger partial charge in [0.1, 0.15) is 13.2 Å². The first-order valence-electron chi connectivity index (χ1n) is 8.41. The number of hydrogen-bond donors (Lipinski definition) is 0. The third-order valence-electron chi connectivity index (χ3n) is 3.96. The maximum Gasteiger partial charge on any atom is 0.338 e. The van der Waals surface area contributed by atoms with E-state index in [0.717, 1.165) is 5.56 Å². The molecule has 1 aromatic heterocycles. The average molecular weight is 356 g/mol. The first-order valence-corrected chi connectivity index (χ1v) is 8.41. The van der Waals surface area contributed by atoms with Crippen LogP contribution in [0.25, 0.3) is 0 Å². The van der Waals surface area contributed by atoms with Crippen molar-refractivity contribution in [3.05, 3.63) is 53.9 Å². The van der Waals surface area contributed by atoms with Crippen molar-refractivity contribution >= 4 is 11.9 Å². The van der Waals surface area contributed by atoms with E-state index >= 15 is 0 Å². The van der Waals surface area contributed by atoms with Crippen LogP contribution in [0.2, 0.25) is 0 Å². The Kier molecular flexibility index (Phi) is 5.68. The van der Waals surface area contributed by atoms with Crippen molar-refractivity contribution in [1.82, 2.24) is 9.88 Å². The van der Waals surface area contributed by atoms with Crippen molar-refractivity contribution in [1.29, 1.82) is 0 Å². The summed E-state index contributed by atoms with van der Waals surface area (Å²) in [7, 11) is 0. The van der Waals surface area contributed by atoms with Gasteiger partial charge in [0.15, 0.2) is 18.1 Å². The molecule has 0 radical (unpaired) electrons. The van der Waals surface area contributed by atoms with Gasteiger partial charge < -0.3 is 19.1 Å². The van der Waals surface area contributed by atoms with Gasteiger partial charge >= 0.3 is 5.97 Å². The van der Waals surface area contributed by atoms with Gasteiger partial charge in [0, 0.05) is 25.5 Å². The number of carbonyl (C=O) groups excluding carboxylic acids is 2. The first-order chi connectivity index (χ1) is 12.7. The Morgan fingerprint density at radius 1 is 1.12 bits per heavy atom. The lowest BCUT2D eigenvalue weighted by atomic mass is 10.1. The summed E-state index contributed by atoms with van der Waals surface area (Å²) in [4.78, 5) is 29.8. The predicted octanol–water partition coefficient (Wildman–Crippen LogP) is 2.06. The van der Waals surface area contributed by atoms with Crippen LogP contribution in [0.3, 0.4) is 0 Å². The van der Waals surface area contributed by atoms with Gasteiger partial charge in [0.05, 0.1) is 5.56 Å². The molecule has 0 fully saturated rings. The number of carbonyl (C=O) groups is 2. The van der Waals surface area contributed by atoms with Gasteiger partial charge in [-0.3, -0.25) is 9.78 Å². The second kappa shape index (κ2) is 8.33. The Morgan fingerprint density at radius 2 is 1.85 bits per heavy atom. The number of likely N-dealkylation sites (N-methyl/N-ethyl adjacent to an activating group) is 1. The number of fused-ring (bicyclic) bond motifs is 1.